The van der Waals surface area contributed by atoms with Gasteiger partial charge in [0.25, 0.3) is 0 Å². The van der Waals surface area contributed by atoms with Crippen LogP contribution >= 0.6 is 0 Å². The maximum absolute atomic E-state index is 11.0. The largest absolute Gasteiger partial charge is 0.395 e. The number of rotatable bonds is 6. The number of hydrogen-bond donors (Lipinski definition) is 3. The highest BCUT2D eigenvalue weighted by atomic mass is 16.6. The summed E-state index contributed by atoms with van der Waals surface area (Å²) < 4.78 is 0. The van der Waals surface area contributed by atoms with E-state index in [1.807, 2.05) is 0 Å². The van der Waals surface area contributed by atoms with Crippen LogP contribution in [0.2, 0.25) is 0 Å². The molecule has 0 aliphatic heterocycles. The van der Waals surface area contributed by atoms with Crippen molar-refractivity contribution >= 4 is 0 Å². The lowest BCUT2D eigenvalue weighted by atomic mass is 9.95. The van der Waals surface area contributed by atoms with Gasteiger partial charge in [-0.1, -0.05) is 18.2 Å². The second kappa shape index (κ2) is 5.87. The maximum atomic E-state index is 11.0. The van der Waals surface area contributed by atoms with Crippen LogP contribution in [0.1, 0.15) is 0 Å². The van der Waals surface area contributed by atoms with Crippen molar-refractivity contribution in [1.29, 1.82) is 0 Å². The third-order valence-corrected chi connectivity index (χ3v) is 2.73. The number of allylic oxidation sites excluding steroid dienone is 2. The van der Waals surface area contributed by atoms with Gasteiger partial charge in [0.1, 0.15) is 6.04 Å². The topological polar surface area (TPSA) is 113 Å². The van der Waals surface area contributed by atoms with Gasteiger partial charge in [0.05, 0.1) is 13.2 Å². The van der Waals surface area contributed by atoms with Gasteiger partial charge in [0, 0.05) is 24.1 Å². The molecule has 0 amide bonds. The van der Waals surface area contributed by atoms with E-state index in [0.29, 0.717) is 0 Å². The SMILES string of the molecule is NC1([N+](=O)[O-])C=CC=CC1N(CCO)CCO. The lowest BCUT2D eigenvalue weighted by molar-refractivity contribution is -0.560. The average molecular weight is 243 g/mol. The molecule has 1 aliphatic rings. The molecule has 0 radical (unpaired) electrons. The Morgan fingerprint density at radius 1 is 1.35 bits per heavy atom. The van der Waals surface area contributed by atoms with Crippen molar-refractivity contribution in [2.24, 2.45) is 5.73 Å². The van der Waals surface area contributed by atoms with Crippen LogP contribution in [0.4, 0.5) is 0 Å². The summed E-state index contributed by atoms with van der Waals surface area (Å²) in [5, 5.41) is 28.9. The maximum Gasteiger partial charge on any atom is 0.310 e. The van der Waals surface area contributed by atoms with Crippen molar-refractivity contribution in [3.05, 3.63) is 34.4 Å². The zero-order valence-corrected chi connectivity index (χ0v) is 9.40. The molecule has 7 nitrogen and oxygen atoms in total. The second-order valence-electron chi connectivity index (χ2n) is 3.82. The zero-order valence-electron chi connectivity index (χ0n) is 9.40. The Morgan fingerprint density at radius 2 is 1.94 bits per heavy atom. The van der Waals surface area contributed by atoms with Crippen molar-refractivity contribution in [2.45, 2.75) is 11.7 Å². The smallest absolute Gasteiger partial charge is 0.310 e. The Balaban J connectivity index is 2.94. The van der Waals surface area contributed by atoms with Crippen LogP contribution in [0.5, 0.6) is 0 Å². The van der Waals surface area contributed by atoms with E-state index in [1.165, 1.54) is 12.2 Å². The molecule has 2 unspecified atom stereocenters. The molecule has 0 fully saturated rings. The van der Waals surface area contributed by atoms with Crippen molar-refractivity contribution in [3.63, 3.8) is 0 Å². The van der Waals surface area contributed by atoms with Gasteiger partial charge in [-0.05, 0) is 0 Å². The van der Waals surface area contributed by atoms with E-state index in [4.69, 9.17) is 15.9 Å². The molecule has 1 rings (SSSR count). The molecule has 0 aromatic carbocycles. The Labute approximate surface area is 99.0 Å². The summed E-state index contributed by atoms with van der Waals surface area (Å²) in [7, 11) is 0. The molecule has 0 bridgehead atoms. The summed E-state index contributed by atoms with van der Waals surface area (Å²) in [6.07, 6.45) is 6.12. The molecule has 7 heteroatoms. The van der Waals surface area contributed by atoms with Crippen LogP contribution < -0.4 is 5.73 Å². The Hall–Kier alpha value is -1.28. The molecule has 0 spiro atoms. The first-order chi connectivity index (χ1) is 8.06. The van der Waals surface area contributed by atoms with E-state index in [1.54, 1.807) is 17.1 Å². The molecule has 2 atom stereocenters. The number of nitrogens with zero attached hydrogens (tertiary/aromatic N) is 2. The molecule has 0 aromatic heterocycles. The number of hydrogen-bond acceptors (Lipinski definition) is 6. The fourth-order valence-corrected chi connectivity index (χ4v) is 1.86. The summed E-state index contributed by atoms with van der Waals surface area (Å²) in [5.41, 5.74) is 4.04. The average Bonchev–Trinajstić information content (AvgIpc) is 2.29. The van der Waals surface area contributed by atoms with Crippen LogP contribution in [-0.2, 0) is 0 Å². The minimum Gasteiger partial charge on any atom is -0.395 e. The van der Waals surface area contributed by atoms with E-state index in [2.05, 4.69) is 0 Å². The van der Waals surface area contributed by atoms with Gasteiger partial charge in [0.15, 0.2) is 0 Å². The summed E-state index contributed by atoms with van der Waals surface area (Å²) in [6.45, 7) is 0.135. The predicted octanol–water partition coefficient (Wildman–Crippen LogP) is -1.30. The van der Waals surface area contributed by atoms with Crippen molar-refractivity contribution < 1.29 is 15.1 Å². The quantitative estimate of drug-likeness (QED) is 0.303. The van der Waals surface area contributed by atoms with E-state index in [-0.39, 0.29) is 26.3 Å². The van der Waals surface area contributed by atoms with Crippen molar-refractivity contribution in [2.75, 3.05) is 26.3 Å². The molecule has 4 N–H and O–H groups in total. The number of aliphatic hydroxyl groups excluding tert-OH is 2. The van der Waals surface area contributed by atoms with Gasteiger partial charge < -0.3 is 10.2 Å². The van der Waals surface area contributed by atoms with E-state index >= 15 is 0 Å². The van der Waals surface area contributed by atoms with Crippen LogP contribution in [-0.4, -0.2) is 58.0 Å². The highest BCUT2D eigenvalue weighted by Crippen LogP contribution is 2.21. The normalized spacial score (nSPS) is 27.6. The zero-order chi connectivity index (χ0) is 12.9. The fraction of sp³-hybridized carbons (Fsp3) is 0.600. The molecule has 17 heavy (non-hydrogen) atoms. The summed E-state index contributed by atoms with van der Waals surface area (Å²) >= 11 is 0. The van der Waals surface area contributed by atoms with Crippen molar-refractivity contribution in [3.8, 4) is 0 Å². The van der Waals surface area contributed by atoms with Gasteiger partial charge in [-0.2, -0.15) is 0 Å². The molecule has 96 valence electrons. The number of aliphatic hydroxyl groups is 2. The molecule has 0 aromatic rings. The Bertz CT molecular complexity index is 326. The molecule has 0 saturated heterocycles. The van der Waals surface area contributed by atoms with Crippen LogP contribution in [0.3, 0.4) is 0 Å². The highest BCUT2D eigenvalue weighted by molar-refractivity contribution is 5.23. The highest BCUT2D eigenvalue weighted by Gasteiger charge is 2.46. The van der Waals surface area contributed by atoms with E-state index in [9.17, 15) is 10.1 Å². The minimum absolute atomic E-state index is 0.151. The number of nitro groups is 1. The standard InChI is InChI=1S/C10H17N3O4/c11-10(13(16)17)4-2-1-3-9(10)12(5-7-14)6-8-15/h1-4,9,14-15H,5-8,11H2. The molecular weight excluding hydrogens is 226 g/mol. The van der Waals surface area contributed by atoms with Gasteiger partial charge in [0.2, 0.25) is 0 Å². The summed E-state index contributed by atoms with van der Waals surface area (Å²) in [4.78, 5) is 12.1. The molecular formula is C10H17N3O4. The monoisotopic (exact) mass is 243 g/mol. The third-order valence-electron chi connectivity index (χ3n) is 2.73. The lowest BCUT2D eigenvalue weighted by Crippen LogP contribution is -2.62. The van der Waals surface area contributed by atoms with Crippen molar-refractivity contribution in [1.82, 2.24) is 4.90 Å². The predicted molar refractivity (Wildman–Crippen MR) is 61.7 cm³/mol. The molecule has 0 saturated carbocycles. The lowest BCUT2D eigenvalue weighted by Gasteiger charge is -2.35. The summed E-state index contributed by atoms with van der Waals surface area (Å²) in [6, 6.07) is -0.679. The van der Waals surface area contributed by atoms with Crippen LogP contribution in [0.15, 0.2) is 24.3 Å². The Kier molecular flexibility index (Phi) is 4.76. The molecule has 0 heterocycles. The first-order valence-corrected chi connectivity index (χ1v) is 5.31. The van der Waals surface area contributed by atoms with Gasteiger partial charge >= 0.3 is 5.66 Å². The van der Waals surface area contributed by atoms with Gasteiger partial charge in [-0.15, -0.1) is 0 Å². The molecule has 1 aliphatic carbocycles. The fourth-order valence-electron chi connectivity index (χ4n) is 1.86. The Morgan fingerprint density at radius 3 is 2.41 bits per heavy atom. The second-order valence-corrected chi connectivity index (χ2v) is 3.82. The van der Waals surface area contributed by atoms with E-state index < -0.39 is 16.6 Å². The minimum atomic E-state index is -1.72. The summed E-state index contributed by atoms with van der Waals surface area (Å²) in [5.74, 6) is 0. The third kappa shape index (κ3) is 2.89. The first-order valence-electron chi connectivity index (χ1n) is 5.31. The number of nitrogens with two attached hydrogens (primary N) is 1. The van der Waals surface area contributed by atoms with Crippen LogP contribution in [0.25, 0.3) is 0 Å². The first kappa shape index (κ1) is 13.8. The van der Waals surface area contributed by atoms with Crippen LogP contribution in [0, 0.1) is 10.1 Å². The van der Waals surface area contributed by atoms with E-state index in [0.717, 1.165) is 0 Å². The van der Waals surface area contributed by atoms with Gasteiger partial charge in [-0.25, -0.2) is 0 Å². The van der Waals surface area contributed by atoms with Gasteiger partial charge in [-0.3, -0.25) is 20.7 Å².